The normalized spacial score (nSPS) is 17.9. The second-order valence-corrected chi connectivity index (χ2v) is 11.2. The van der Waals surface area contributed by atoms with Crippen molar-refractivity contribution < 1.29 is 19.1 Å². The minimum atomic E-state index is -0.410. The van der Waals surface area contributed by atoms with Crippen LogP contribution in [0, 0.1) is 0 Å². The number of carbonyl (C=O) groups is 2. The number of hydrogen-bond acceptors (Lipinski definition) is 8. The van der Waals surface area contributed by atoms with E-state index in [-0.39, 0.29) is 11.9 Å². The van der Waals surface area contributed by atoms with Crippen LogP contribution in [-0.4, -0.2) is 34.0 Å². The van der Waals surface area contributed by atoms with Gasteiger partial charge in [-0.2, -0.15) is 5.10 Å². The van der Waals surface area contributed by atoms with Gasteiger partial charge in [-0.25, -0.2) is 0 Å². The molecular formula is C32H25N3O4S2. The number of carbonyl (C=O) groups excluding carboxylic acids is 2. The number of fused-ring (bicyclic) bond motifs is 1. The van der Waals surface area contributed by atoms with Crippen LogP contribution < -0.4 is 14.4 Å². The average molecular weight is 580 g/mol. The molecule has 2 aliphatic rings. The summed E-state index contributed by atoms with van der Waals surface area (Å²) in [5, 5.41) is 9.17. The van der Waals surface area contributed by atoms with E-state index in [1.54, 1.807) is 37.6 Å². The first-order valence-electron chi connectivity index (χ1n) is 12.9. The fourth-order valence-electron chi connectivity index (χ4n) is 4.92. The molecule has 0 bridgehead atoms. The number of thioether (sulfide) groups is 1. The highest BCUT2D eigenvalue weighted by molar-refractivity contribution is 8.27. The first kappa shape index (κ1) is 26.7. The topological polar surface area (TPSA) is 71.4 Å². The Morgan fingerprint density at radius 1 is 0.976 bits per heavy atom. The van der Waals surface area contributed by atoms with Crippen LogP contribution in [0.4, 0.5) is 5.69 Å². The van der Waals surface area contributed by atoms with Crippen LogP contribution in [0.15, 0.2) is 107 Å². The molecule has 4 aromatic carbocycles. The SMILES string of the molecule is COc1ccc(C2CC(c3ccc4ccccc4c3)=NN2/C=C2\SC(=S)N(c3ccc(OC(C)=O)cc3)C2=O)cc1. The van der Waals surface area contributed by atoms with E-state index in [2.05, 4.69) is 30.3 Å². The minimum Gasteiger partial charge on any atom is -0.497 e. The molecule has 0 radical (unpaired) electrons. The molecule has 1 saturated heterocycles. The zero-order valence-corrected chi connectivity index (χ0v) is 23.9. The van der Waals surface area contributed by atoms with Gasteiger partial charge in [0.25, 0.3) is 5.91 Å². The van der Waals surface area contributed by atoms with E-state index < -0.39 is 5.97 Å². The lowest BCUT2D eigenvalue weighted by Gasteiger charge is -2.21. The number of methoxy groups -OCH3 is 1. The average Bonchev–Trinajstić information content (AvgIpc) is 3.53. The molecule has 1 amide bonds. The molecule has 6 rings (SSSR count). The Hall–Kier alpha value is -4.47. The van der Waals surface area contributed by atoms with Crippen molar-refractivity contribution in [2.24, 2.45) is 5.10 Å². The van der Waals surface area contributed by atoms with Gasteiger partial charge in [-0.05, 0) is 64.4 Å². The molecule has 9 heteroatoms. The van der Waals surface area contributed by atoms with Crippen molar-refractivity contribution in [3.8, 4) is 11.5 Å². The molecule has 204 valence electrons. The monoisotopic (exact) mass is 579 g/mol. The molecule has 0 saturated carbocycles. The van der Waals surface area contributed by atoms with Crippen LogP contribution in [0.1, 0.15) is 30.5 Å². The fourth-order valence-corrected chi connectivity index (χ4v) is 6.18. The summed E-state index contributed by atoms with van der Waals surface area (Å²) in [5.41, 5.74) is 3.63. The van der Waals surface area contributed by atoms with E-state index in [1.165, 1.54) is 29.0 Å². The largest absolute Gasteiger partial charge is 0.497 e. The quantitative estimate of drug-likeness (QED) is 0.107. The predicted octanol–water partition coefficient (Wildman–Crippen LogP) is 6.83. The van der Waals surface area contributed by atoms with Gasteiger partial charge in [0.2, 0.25) is 0 Å². The second kappa shape index (κ2) is 11.2. The molecule has 7 nitrogen and oxygen atoms in total. The Balaban J connectivity index is 1.33. The van der Waals surface area contributed by atoms with Crippen LogP contribution in [0.25, 0.3) is 10.8 Å². The first-order chi connectivity index (χ1) is 19.9. The van der Waals surface area contributed by atoms with E-state index >= 15 is 0 Å². The summed E-state index contributed by atoms with van der Waals surface area (Å²) in [4.78, 5) is 26.8. The zero-order valence-electron chi connectivity index (χ0n) is 22.3. The standard InChI is InChI=1S/C32H25N3O4S2/c1-20(36)39-27-15-11-25(12-16-27)35-31(37)30(41-32(35)40)19-34-29(22-9-13-26(38-2)14-10-22)18-28(33-34)24-8-7-21-5-3-4-6-23(21)17-24/h3-17,19,29H,18H2,1-2H3/b30-19-. The van der Waals surface area contributed by atoms with Crippen LogP contribution in [-0.2, 0) is 9.59 Å². The number of hydrogen-bond donors (Lipinski definition) is 0. The number of ether oxygens (including phenoxy) is 2. The Labute approximate surface area is 247 Å². The molecule has 1 fully saturated rings. The van der Waals surface area contributed by atoms with Crippen molar-refractivity contribution >= 4 is 62.3 Å². The van der Waals surface area contributed by atoms with Gasteiger partial charge < -0.3 is 9.47 Å². The van der Waals surface area contributed by atoms with Crippen LogP contribution in [0.2, 0.25) is 0 Å². The summed E-state index contributed by atoms with van der Waals surface area (Å²) in [7, 11) is 1.64. The highest BCUT2D eigenvalue weighted by Gasteiger charge is 2.36. The van der Waals surface area contributed by atoms with E-state index in [0.29, 0.717) is 27.1 Å². The number of hydrazone groups is 1. The molecule has 2 aliphatic heterocycles. The van der Waals surface area contributed by atoms with Crippen LogP contribution >= 0.6 is 24.0 Å². The Morgan fingerprint density at radius 3 is 2.39 bits per heavy atom. The van der Waals surface area contributed by atoms with Crippen LogP contribution in [0.5, 0.6) is 11.5 Å². The summed E-state index contributed by atoms with van der Waals surface area (Å²) < 4.78 is 10.9. The third-order valence-corrected chi connectivity index (χ3v) is 8.21. The number of benzene rings is 4. The van der Waals surface area contributed by atoms with Gasteiger partial charge in [-0.3, -0.25) is 19.5 Å². The maximum absolute atomic E-state index is 13.6. The van der Waals surface area contributed by atoms with E-state index in [0.717, 1.165) is 28.0 Å². The van der Waals surface area contributed by atoms with Crippen molar-refractivity contribution in [1.82, 2.24) is 5.01 Å². The molecule has 0 aliphatic carbocycles. The number of anilines is 1. The molecular weight excluding hydrogens is 555 g/mol. The number of amides is 1. The summed E-state index contributed by atoms with van der Waals surface area (Å²) in [6, 6.07) is 29.1. The molecule has 0 N–H and O–H groups in total. The maximum atomic E-state index is 13.6. The highest BCUT2D eigenvalue weighted by Crippen LogP contribution is 2.39. The van der Waals surface area contributed by atoms with E-state index in [4.69, 9.17) is 26.8 Å². The summed E-state index contributed by atoms with van der Waals surface area (Å²) in [5.74, 6) is 0.529. The van der Waals surface area contributed by atoms with Gasteiger partial charge in [0.05, 0.1) is 29.5 Å². The Bertz CT molecular complexity index is 1730. The summed E-state index contributed by atoms with van der Waals surface area (Å²) >= 11 is 6.82. The van der Waals surface area contributed by atoms with Crippen molar-refractivity contribution in [2.45, 2.75) is 19.4 Å². The van der Waals surface area contributed by atoms with Gasteiger partial charge in [-0.15, -0.1) is 0 Å². The third kappa shape index (κ3) is 5.46. The molecule has 0 aromatic heterocycles. The van der Waals surface area contributed by atoms with Crippen molar-refractivity contribution in [1.29, 1.82) is 0 Å². The Morgan fingerprint density at radius 2 is 1.68 bits per heavy atom. The minimum absolute atomic E-state index is 0.117. The third-order valence-electron chi connectivity index (χ3n) is 6.93. The zero-order chi connectivity index (χ0) is 28.5. The van der Waals surface area contributed by atoms with Gasteiger partial charge in [0.1, 0.15) is 11.5 Å². The van der Waals surface area contributed by atoms with Crippen molar-refractivity contribution in [3.63, 3.8) is 0 Å². The highest BCUT2D eigenvalue weighted by atomic mass is 32.2. The van der Waals surface area contributed by atoms with E-state index in [9.17, 15) is 9.59 Å². The smallest absolute Gasteiger partial charge is 0.308 e. The lowest BCUT2D eigenvalue weighted by molar-refractivity contribution is -0.131. The summed E-state index contributed by atoms with van der Waals surface area (Å²) in [6.45, 7) is 1.34. The lowest BCUT2D eigenvalue weighted by Crippen LogP contribution is -2.27. The molecule has 1 atom stereocenters. The molecule has 4 aromatic rings. The van der Waals surface area contributed by atoms with Gasteiger partial charge in [0, 0.05) is 19.5 Å². The molecule has 2 heterocycles. The number of esters is 1. The van der Waals surface area contributed by atoms with Crippen molar-refractivity contribution in [3.05, 3.63) is 113 Å². The van der Waals surface area contributed by atoms with Crippen molar-refractivity contribution in [2.75, 3.05) is 12.0 Å². The number of thiocarbonyl (C=S) groups is 1. The second-order valence-electron chi connectivity index (χ2n) is 9.57. The van der Waals surface area contributed by atoms with Crippen LogP contribution in [0.3, 0.4) is 0 Å². The first-order valence-corrected chi connectivity index (χ1v) is 14.2. The number of nitrogens with zero attached hydrogens (tertiary/aromatic N) is 3. The van der Waals surface area contributed by atoms with Gasteiger partial charge in [-0.1, -0.05) is 72.5 Å². The van der Waals surface area contributed by atoms with E-state index in [1.807, 2.05) is 41.4 Å². The summed E-state index contributed by atoms with van der Waals surface area (Å²) in [6.07, 6.45) is 2.45. The number of rotatable bonds is 6. The predicted molar refractivity (Wildman–Crippen MR) is 166 cm³/mol. The molecule has 0 spiro atoms. The lowest BCUT2D eigenvalue weighted by atomic mass is 9.97. The van der Waals surface area contributed by atoms with Gasteiger partial charge in [0.15, 0.2) is 4.32 Å². The fraction of sp³-hybridized carbons (Fsp3) is 0.125. The van der Waals surface area contributed by atoms with Gasteiger partial charge >= 0.3 is 5.97 Å². The maximum Gasteiger partial charge on any atom is 0.308 e. The molecule has 1 unspecified atom stereocenters. The Kier molecular flexibility index (Phi) is 7.30. The molecule has 41 heavy (non-hydrogen) atoms.